The van der Waals surface area contributed by atoms with Crippen LogP contribution in [0.4, 0.5) is 11.4 Å². The Balaban J connectivity index is 2.03. The average Bonchev–Trinajstić information content (AvgIpc) is 2.34. The van der Waals surface area contributed by atoms with Crippen LogP contribution in [0.5, 0.6) is 0 Å². The van der Waals surface area contributed by atoms with Crippen LogP contribution in [0.15, 0.2) is 42.5 Å². The molecule has 0 aromatic heterocycles. The Morgan fingerprint density at radius 1 is 1.11 bits per heavy atom. The summed E-state index contributed by atoms with van der Waals surface area (Å²) in [6.07, 6.45) is 0.371. The van der Waals surface area contributed by atoms with E-state index in [1.54, 1.807) is 12.1 Å². The summed E-state index contributed by atoms with van der Waals surface area (Å²) in [5, 5.41) is 2.85. The molecule has 98 valence electrons. The number of nitrogen functional groups attached to an aromatic ring is 1. The second-order valence-corrected chi connectivity index (χ2v) is 4.77. The average molecular weight is 254 g/mol. The van der Waals surface area contributed by atoms with E-state index >= 15 is 0 Å². The lowest BCUT2D eigenvalue weighted by Gasteiger charge is -2.07. The van der Waals surface area contributed by atoms with E-state index in [0.29, 0.717) is 12.1 Å². The zero-order valence-electron chi connectivity index (χ0n) is 11.2. The predicted octanol–water partition coefficient (Wildman–Crippen LogP) is 3.07. The van der Waals surface area contributed by atoms with Crippen LogP contribution in [0.1, 0.15) is 16.7 Å². The van der Waals surface area contributed by atoms with Gasteiger partial charge in [-0.1, -0.05) is 24.3 Å². The van der Waals surface area contributed by atoms with Gasteiger partial charge in [-0.3, -0.25) is 4.79 Å². The predicted molar refractivity (Wildman–Crippen MR) is 79.1 cm³/mol. The number of carbonyl (C=O) groups is 1. The Bertz CT molecular complexity index is 605. The number of rotatable bonds is 3. The van der Waals surface area contributed by atoms with Gasteiger partial charge in [-0.15, -0.1) is 0 Å². The molecule has 3 N–H and O–H groups in total. The first-order valence-electron chi connectivity index (χ1n) is 6.26. The van der Waals surface area contributed by atoms with Gasteiger partial charge >= 0.3 is 0 Å². The van der Waals surface area contributed by atoms with Crippen molar-refractivity contribution >= 4 is 17.3 Å². The SMILES string of the molecule is Cc1ccc(CC(=O)Nc2cccc(N)c2)cc1C. The fourth-order valence-electron chi connectivity index (χ4n) is 1.92. The van der Waals surface area contributed by atoms with Gasteiger partial charge in [0.15, 0.2) is 0 Å². The molecule has 3 nitrogen and oxygen atoms in total. The van der Waals surface area contributed by atoms with Crippen LogP contribution in [-0.2, 0) is 11.2 Å². The highest BCUT2D eigenvalue weighted by molar-refractivity contribution is 5.92. The fourth-order valence-corrected chi connectivity index (χ4v) is 1.92. The third-order valence-electron chi connectivity index (χ3n) is 3.11. The summed E-state index contributed by atoms with van der Waals surface area (Å²) in [6.45, 7) is 4.11. The molecule has 0 saturated carbocycles. The van der Waals surface area contributed by atoms with E-state index in [-0.39, 0.29) is 5.91 Å². The van der Waals surface area contributed by atoms with Gasteiger partial charge < -0.3 is 11.1 Å². The molecular weight excluding hydrogens is 236 g/mol. The van der Waals surface area contributed by atoms with Gasteiger partial charge in [-0.25, -0.2) is 0 Å². The molecule has 0 unspecified atom stereocenters. The number of hydrogen-bond acceptors (Lipinski definition) is 2. The molecule has 0 heterocycles. The van der Waals surface area contributed by atoms with Crippen molar-refractivity contribution in [3.8, 4) is 0 Å². The van der Waals surface area contributed by atoms with Crippen molar-refractivity contribution in [1.82, 2.24) is 0 Å². The number of benzene rings is 2. The molecular formula is C16H18N2O. The maximum Gasteiger partial charge on any atom is 0.228 e. The Hall–Kier alpha value is -2.29. The third-order valence-corrected chi connectivity index (χ3v) is 3.11. The molecule has 0 saturated heterocycles. The van der Waals surface area contributed by atoms with Crippen molar-refractivity contribution in [2.45, 2.75) is 20.3 Å². The minimum Gasteiger partial charge on any atom is -0.399 e. The molecule has 0 fully saturated rings. The molecule has 0 atom stereocenters. The van der Waals surface area contributed by atoms with E-state index in [0.717, 1.165) is 11.3 Å². The van der Waals surface area contributed by atoms with Gasteiger partial charge in [0.2, 0.25) is 5.91 Å². The number of anilines is 2. The molecule has 2 aromatic rings. The minimum atomic E-state index is -0.0335. The van der Waals surface area contributed by atoms with Gasteiger partial charge in [-0.05, 0) is 48.7 Å². The molecule has 0 aliphatic rings. The molecule has 0 spiro atoms. The Morgan fingerprint density at radius 3 is 2.58 bits per heavy atom. The van der Waals surface area contributed by atoms with Crippen molar-refractivity contribution in [1.29, 1.82) is 0 Å². The summed E-state index contributed by atoms with van der Waals surface area (Å²) in [5.41, 5.74) is 10.5. The maximum absolute atomic E-state index is 11.9. The summed E-state index contributed by atoms with van der Waals surface area (Å²) in [5.74, 6) is -0.0335. The standard InChI is InChI=1S/C16H18N2O/c1-11-6-7-13(8-12(11)2)9-16(19)18-15-5-3-4-14(17)10-15/h3-8,10H,9,17H2,1-2H3,(H,18,19). The van der Waals surface area contributed by atoms with Gasteiger partial charge in [0.1, 0.15) is 0 Å². The highest BCUT2D eigenvalue weighted by Crippen LogP contribution is 2.14. The molecule has 0 aliphatic carbocycles. The maximum atomic E-state index is 11.9. The van der Waals surface area contributed by atoms with Crippen molar-refractivity contribution < 1.29 is 4.79 Å². The summed E-state index contributed by atoms with van der Waals surface area (Å²) < 4.78 is 0. The number of nitrogens with two attached hydrogens (primary N) is 1. The first-order chi connectivity index (χ1) is 9.04. The van der Waals surface area contributed by atoms with Crippen LogP contribution >= 0.6 is 0 Å². The van der Waals surface area contributed by atoms with Crippen molar-refractivity contribution in [2.24, 2.45) is 0 Å². The molecule has 3 heteroatoms. The normalized spacial score (nSPS) is 10.2. The number of aryl methyl sites for hydroxylation is 2. The number of carbonyl (C=O) groups excluding carboxylic acids is 1. The lowest BCUT2D eigenvalue weighted by molar-refractivity contribution is -0.115. The topological polar surface area (TPSA) is 55.1 Å². The molecule has 0 bridgehead atoms. The zero-order valence-corrected chi connectivity index (χ0v) is 11.2. The number of amides is 1. The number of hydrogen-bond donors (Lipinski definition) is 2. The summed E-state index contributed by atoms with van der Waals surface area (Å²) in [7, 11) is 0. The molecule has 2 rings (SSSR count). The number of nitrogens with one attached hydrogen (secondary N) is 1. The molecule has 19 heavy (non-hydrogen) atoms. The van der Waals surface area contributed by atoms with E-state index in [4.69, 9.17) is 5.73 Å². The largest absolute Gasteiger partial charge is 0.399 e. The van der Waals surface area contributed by atoms with Crippen molar-refractivity contribution in [3.63, 3.8) is 0 Å². The van der Waals surface area contributed by atoms with Crippen molar-refractivity contribution in [3.05, 3.63) is 59.2 Å². The first-order valence-corrected chi connectivity index (χ1v) is 6.26. The summed E-state index contributed by atoms with van der Waals surface area (Å²) in [6, 6.07) is 13.3. The van der Waals surface area contributed by atoms with E-state index in [1.165, 1.54) is 11.1 Å². The zero-order chi connectivity index (χ0) is 13.8. The van der Waals surface area contributed by atoms with Crippen molar-refractivity contribution in [2.75, 3.05) is 11.1 Å². The van der Waals surface area contributed by atoms with Gasteiger partial charge in [0.05, 0.1) is 6.42 Å². The molecule has 2 aromatic carbocycles. The Labute approximate surface area is 113 Å². The van der Waals surface area contributed by atoms with Crippen LogP contribution in [0.3, 0.4) is 0 Å². The van der Waals surface area contributed by atoms with E-state index in [2.05, 4.69) is 19.2 Å². The van der Waals surface area contributed by atoms with E-state index in [9.17, 15) is 4.79 Å². The lowest BCUT2D eigenvalue weighted by atomic mass is 10.0. The first kappa shape index (κ1) is 13.1. The smallest absolute Gasteiger partial charge is 0.228 e. The second-order valence-electron chi connectivity index (χ2n) is 4.77. The molecule has 0 radical (unpaired) electrons. The van der Waals surface area contributed by atoms with Crippen LogP contribution in [-0.4, -0.2) is 5.91 Å². The monoisotopic (exact) mass is 254 g/mol. The van der Waals surface area contributed by atoms with Gasteiger partial charge in [0, 0.05) is 11.4 Å². The summed E-state index contributed by atoms with van der Waals surface area (Å²) in [4.78, 5) is 11.9. The second kappa shape index (κ2) is 5.57. The van der Waals surface area contributed by atoms with Crippen LogP contribution in [0, 0.1) is 13.8 Å². The summed E-state index contributed by atoms with van der Waals surface area (Å²) >= 11 is 0. The molecule has 0 aliphatic heterocycles. The van der Waals surface area contributed by atoms with Crippen LogP contribution in [0.2, 0.25) is 0 Å². The Morgan fingerprint density at radius 2 is 1.89 bits per heavy atom. The van der Waals surface area contributed by atoms with Crippen LogP contribution < -0.4 is 11.1 Å². The van der Waals surface area contributed by atoms with E-state index in [1.807, 2.05) is 30.3 Å². The third kappa shape index (κ3) is 3.58. The van der Waals surface area contributed by atoms with Gasteiger partial charge in [-0.2, -0.15) is 0 Å². The highest BCUT2D eigenvalue weighted by atomic mass is 16.1. The van der Waals surface area contributed by atoms with Crippen LogP contribution in [0.25, 0.3) is 0 Å². The lowest BCUT2D eigenvalue weighted by Crippen LogP contribution is -2.14. The fraction of sp³-hybridized carbons (Fsp3) is 0.188. The van der Waals surface area contributed by atoms with E-state index < -0.39 is 0 Å². The highest BCUT2D eigenvalue weighted by Gasteiger charge is 2.05. The molecule has 1 amide bonds. The quantitative estimate of drug-likeness (QED) is 0.827. The minimum absolute atomic E-state index is 0.0335. The van der Waals surface area contributed by atoms with Gasteiger partial charge in [0.25, 0.3) is 0 Å². The Kier molecular flexibility index (Phi) is 3.85.